The first-order valence-corrected chi connectivity index (χ1v) is 11.4. The highest BCUT2D eigenvalue weighted by Gasteiger charge is 2.24. The Morgan fingerprint density at radius 2 is 1.70 bits per heavy atom. The molecule has 0 N–H and O–H groups in total. The van der Waals surface area contributed by atoms with Crippen molar-refractivity contribution in [3.63, 3.8) is 0 Å². The van der Waals surface area contributed by atoms with Gasteiger partial charge in [-0.3, -0.25) is 9.69 Å². The zero-order valence-electron chi connectivity index (χ0n) is 18.8. The summed E-state index contributed by atoms with van der Waals surface area (Å²) in [6, 6.07) is 15.1. The van der Waals surface area contributed by atoms with Crippen LogP contribution in [-0.4, -0.2) is 65.7 Å². The van der Waals surface area contributed by atoms with E-state index in [0.29, 0.717) is 42.8 Å². The quantitative estimate of drug-likeness (QED) is 0.522. The number of nitrogens with zero attached hydrogens (tertiary/aromatic N) is 4. The first kappa shape index (κ1) is 21.5. The van der Waals surface area contributed by atoms with Crippen molar-refractivity contribution < 1.29 is 18.8 Å². The van der Waals surface area contributed by atoms with Gasteiger partial charge >= 0.3 is 0 Å². The van der Waals surface area contributed by atoms with Gasteiger partial charge in [-0.1, -0.05) is 5.16 Å². The molecular formula is C25H28N4O4. The summed E-state index contributed by atoms with van der Waals surface area (Å²) >= 11 is 0. The standard InChI is InChI=1S/C25H28N4O4/c1-31-21-8-4-19(5-9-21)24-26-23(33-27-24)16-28-12-14-29(15-13-28)25(30)20-6-10-22(11-7-20)32-17-18-2-3-18/h4-11,18H,2-3,12-17H2,1H3. The molecule has 33 heavy (non-hydrogen) atoms. The van der Waals surface area contributed by atoms with Crippen molar-refractivity contribution in [2.75, 3.05) is 39.9 Å². The Labute approximate surface area is 193 Å². The predicted octanol–water partition coefficient (Wildman–Crippen LogP) is 3.49. The highest BCUT2D eigenvalue weighted by Crippen LogP contribution is 2.29. The lowest BCUT2D eigenvalue weighted by Gasteiger charge is -2.34. The van der Waals surface area contributed by atoms with Crippen LogP contribution in [0.4, 0.5) is 0 Å². The van der Waals surface area contributed by atoms with Crippen LogP contribution in [0, 0.1) is 5.92 Å². The molecule has 2 aromatic carbocycles. The monoisotopic (exact) mass is 448 g/mol. The molecule has 8 nitrogen and oxygen atoms in total. The van der Waals surface area contributed by atoms with Gasteiger partial charge in [0.2, 0.25) is 11.7 Å². The Morgan fingerprint density at radius 1 is 1.00 bits per heavy atom. The zero-order valence-corrected chi connectivity index (χ0v) is 18.8. The average molecular weight is 449 g/mol. The van der Waals surface area contributed by atoms with Crippen LogP contribution in [0.15, 0.2) is 53.1 Å². The second-order valence-corrected chi connectivity index (χ2v) is 8.59. The number of hydrogen-bond donors (Lipinski definition) is 0. The summed E-state index contributed by atoms with van der Waals surface area (Å²) in [5, 5.41) is 4.10. The Bertz CT molecular complexity index is 1070. The minimum absolute atomic E-state index is 0.0583. The van der Waals surface area contributed by atoms with Crippen LogP contribution in [0.2, 0.25) is 0 Å². The molecule has 1 saturated carbocycles. The number of hydrogen-bond acceptors (Lipinski definition) is 7. The highest BCUT2D eigenvalue weighted by molar-refractivity contribution is 5.94. The van der Waals surface area contributed by atoms with E-state index in [9.17, 15) is 4.79 Å². The van der Waals surface area contributed by atoms with Crippen LogP contribution in [0.1, 0.15) is 29.1 Å². The number of methoxy groups -OCH3 is 1. The molecule has 172 valence electrons. The average Bonchev–Trinajstić information content (AvgIpc) is 3.59. The Hall–Kier alpha value is -3.39. The number of benzene rings is 2. The van der Waals surface area contributed by atoms with Crippen molar-refractivity contribution >= 4 is 5.91 Å². The molecule has 0 unspecified atom stereocenters. The summed E-state index contributed by atoms with van der Waals surface area (Å²) < 4.78 is 16.4. The smallest absolute Gasteiger partial charge is 0.253 e. The largest absolute Gasteiger partial charge is 0.497 e. The molecule has 1 amide bonds. The normalized spacial score (nSPS) is 16.6. The summed E-state index contributed by atoms with van der Waals surface area (Å²) in [4.78, 5) is 21.5. The topological polar surface area (TPSA) is 80.9 Å². The van der Waals surface area contributed by atoms with Gasteiger partial charge in [0.1, 0.15) is 11.5 Å². The van der Waals surface area contributed by atoms with E-state index in [1.807, 2.05) is 53.4 Å². The molecular weight excluding hydrogens is 420 g/mol. The maximum absolute atomic E-state index is 12.9. The van der Waals surface area contributed by atoms with E-state index in [4.69, 9.17) is 14.0 Å². The number of piperazine rings is 1. The van der Waals surface area contributed by atoms with Crippen LogP contribution in [0.25, 0.3) is 11.4 Å². The summed E-state index contributed by atoms with van der Waals surface area (Å²) in [7, 11) is 1.64. The van der Waals surface area contributed by atoms with E-state index in [0.717, 1.165) is 36.8 Å². The van der Waals surface area contributed by atoms with Crippen LogP contribution < -0.4 is 9.47 Å². The summed E-state index contributed by atoms with van der Waals surface area (Å²) in [5.74, 6) is 3.52. The predicted molar refractivity (Wildman–Crippen MR) is 122 cm³/mol. The summed E-state index contributed by atoms with van der Waals surface area (Å²) in [6.07, 6.45) is 2.53. The number of ether oxygens (including phenoxy) is 2. The van der Waals surface area contributed by atoms with Gasteiger partial charge in [0, 0.05) is 37.3 Å². The van der Waals surface area contributed by atoms with Gasteiger partial charge in [0.25, 0.3) is 5.91 Å². The second-order valence-electron chi connectivity index (χ2n) is 8.59. The lowest BCUT2D eigenvalue weighted by Crippen LogP contribution is -2.48. The minimum Gasteiger partial charge on any atom is -0.497 e. The fourth-order valence-electron chi connectivity index (χ4n) is 3.85. The molecule has 2 heterocycles. The minimum atomic E-state index is 0.0583. The molecule has 0 atom stereocenters. The Kier molecular flexibility index (Phi) is 6.26. The van der Waals surface area contributed by atoms with Gasteiger partial charge in [-0.25, -0.2) is 0 Å². The number of carbonyl (C=O) groups excluding carboxylic acids is 1. The van der Waals surface area contributed by atoms with Crippen molar-refractivity contribution in [1.82, 2.24) is 19.9 Å². The number of aromatic nitrogens is 2. The van der Waals surface area contributed by atoms with E-state index in [-0.39, 0.29) is 5.91 Å². The van der Waals surface area contributed by atoms with E-state index in [1.54, 1.807) is 7.11 Å². The second kappa shape index (κ2) is 9.62. The fraction of sp³-hybridized carbons (Fsp3) is 0.400. The van der Waals surface area contributed by atoms with Crippen molar-refractivity contribution in [2.24, 2.45) is 5.92 Å². The Morgan fingerprint density at radius 3 is 2.36 bits per heavy atom. The Balaban J connectivity index is 1.11. The van der Waals surface area contributed by atoms with Crippen LogP contribution in [0.3, 0.4) is 0 Å². The molecule has 2 aliphatic rings. The molecule has 8 heteroatoms. The van der Waals surface area contributed by atoms with E-state index in [2.05, 4.69) is 15.0 Å². The van der Waals surface area contributed by atoms with Crippen LogP contribution in [0.5, 0.6) is 11.5 Å². The van der Waals surface area contributed by atoms with E-state index in [1.165, 1.54) is 12.8 Å². The van der Waals surface area contributed by atoms with Crippen molar-refractivity contribution in [3.05, 3.63) is 60.0 Å². The van der Waals surface area contributed by atoms with Gasteiger partial charge in [-0.05, 0) is 67.3 Å². The van der Waals surface area contributed by atoms with E-state index >= 15 is 0 Å². The zero-order chi connectivity index (χ0) is 22.6. The molecule has 1 aromatic heterocycles. The van der Waals surface area contributed by atoms with Gasteiger partial charge in [-0.15, -0.1) is 0 Å². The van der Waals surface area contributed by atoms with Crippen LogP contribution >= 0.6 is 0 Å². The SMILES string of the molecule is COc1ccc(-c2noc(CN3CCN(C(=O)c4ccc(OCC5CC5)cc4)CC3)n2)cc1. The van der Waals surface area contributed by atoms with Crippen LogP contribution in [-0.2, 0) is 6.54 Å². The maximum Gasteiger partial charge on any atom is 0.253 e. The summed E-state index contributed by atoms with van der Waals surface area (Å²) in [5.41, 5.74) is 1.58. The molecule has 1 aliphatic carbocycles. The van der Waals surface area contributed by atoms with Crippen molar-refractivity contribution in [3.8, 4) is 22.9 Å². The number of carbonyl (C=O) groups is 1. The molecule has 2 fully saturated rings. The molecule has 0 bridgehead atoms. The first-order valence-electron chi connectivity index (χ1n) is 11.4. The molecule has 1 saturated heterocycles. The van der Waals surface area contributed by atoms with Gasteiger partial charge in [-0.2, -0.15) is 4.98 Å². The lowest BCUT2D eigenvalue weighted by molar-refractivity contribution is 0.0615. The maximum atomic E-state index is 12.9. The third kappa shape index (κ3) is 5.34. The molecule has 0 spiro atoms. The van der Waals surface area contributed by atoms with E-state index < -0.39 is 0 Å². The molecule has 3 aromatic rings. The summed E-state index contributed by atoms with van der Waals surface area (Å²) in [6.45, 7) is 4.19. The van der Waals surface area contributed by atoms with Crippen molar-refractivity contribution in [1.29, 1.82) is 0 Å². The molecule has 5 rings (SSSR count). The van der Waals surface area contributed by atoms with Gasteiger partial charge in [0.15, 0.2) is 0 Å². The number of amides is 1. The highest BCUT2D eigenvalue weighted by atomic mass is 16.5. The van der Waals surface area contributed by atoms with Gasteiger partial charge in [0.05, 0.1) is 20.3 Å². The lowest BCUT2D eigenvalue weighted by atomic mass is 10.1. The first-order chi connectivity index (χ1) is 16.2. The fourth-order valence-corrected chi connectivity index (χ4v) is 3.85. The third-order valence-electron chi connectivity index (χ3n) is 6.12. The third-order valence-corrected chi connectivity index (χ3v) is 6.12. The molecule has 1 aliphatic heterocycles. The number of rotatable bonds is 8. The van der Waals surface area contributed by atoms with Gasteiger partial charge < -0.3 is 18.9 Å². The van der Waals surface area contributed by atoms with Crippen molar-refractivity contribution in [2.45, 2.75) is 19.4 Å². The molecule has 0 radical (unpaired) electrons.